The number of hydrogen-bond donors (Lipinski definition) is 3. The number of aliphatic imine (C=N–C) groups is 1. The van der Waals surface area contributed by atoms with E-state index in [0.29, 0.717) is 39.8 Å². The molecule has 0 radical (unpaired) electrons. The predicted molar refractivity (Wildman–Crippen MR) is 159 cm³/mol. The van der Waals surface area contributed by atoms with Crippen molar-refractivity contribution in [3.8, 4) is 5.75 Å². The second-order valence-corrected chi connectivity index (χ2v) is 11.6. The fraction of sp³-hybridized carbons (Fsp3) is 0.533. The summed E-state index contributed by atoms with van der Waals surface area (Å²) in [5, 5.41) is 13.5. The maximum absolute atomic E-state index is 14.2. The Bertz CT molecular complexity index is 1210. The first-order chi connectivity index (χ1) is 19.3. The van der Waals surface area contributed by atoms with Crippen LogP contribution in [0.1, 0.15) is 72.2 Å². The van der Waals surface area contributed by atoms with E-state index in [1.54, 1.807) is 19.4 Å². The molecule has 40 heavy (non-hydrogen) atoms. The lowest BCUT2D eigenvalue weighted by atomic mass is 9.95. The van der Waals surface area contributed by atoms with Crippen LogP contribution in [0.5, 0.6) is 5.75 Å². The van der Waals surface area contributed by atoms with Gasteiger partial charge in [-0.25, -0.2) is 9.38 Å². The highest BCUT2D eigenvalue weighted by Gasteiger charge is 2.25. The van der Waals surface area contributed by atoms with Crippen molar-refractivity contribution in [3.63, 3.8) is 0 Å². The number of carbonyl (C=O) groups excluding carboxylic acids is 1. The maximum atomic E-state index is 14.2. The molecule has 4 rings (SSSR count). The van der Waals surface area contributed by atoms with Gasteiger partial charge in [0.25, 0.3) is 0 Å². The average Bonchev–Trinajstić information content (AvgIpc) is 3.50. The van der Waals surface area contributed by atoms with Gasteiger partial charge >= 0.3 is 0 Å². The van der Waals surface area contributed by atoms with Crippen molar-refractivity contribution in [2.45, 2.75) is 76.6 Å². The summed E-state index contributed by atoms with van der Waals surface area (Å²) in [6.07, 6.45) is 7.83. The lowest BCUT2D eigenvalue weighted by Crippen LogP contribution is -2.27. The van der Waals surface area contributed by atoms with Crippen molar-refractivity contribution in [2.24, 2.45) is 10.7 Å². The highest BCUT2D eigenvalue weighted by molar-refractivity contribution is 7.18. The smallest absolute Gasteiger partial charge is 0.173 e. The number of methoxy groups -OCH3 is 1. The van der Waals surface area contributed by atoms with E-state index in [9.17, 15) is 14.3 Å². The van der Waals surface area contributed by atoms with Gasteiger partial charge in [-0.15, -0.1) is 11.3 Å². The topological polar surface area (TPSA) is 109 Å². The van der Waals surface area contributed by atoms with Crippen molar-refractivity contribution >= 4 is 33.6 Å². The summed E-state index contributed by atoms with van der Waals surface area (Å²) in [6, 6.07) is 4.24. The number of carbonyl (C=O) groups is 1. The molecule has 0 spiro atoms. The van der Waals surface area contributed by atoms with E-state index in [4.69, 9.17) is 15.2 Å². The molecule has 4 N–H and O–H groups in total. The number of ketones is 1. The molecule has 1 aliphatic heterocycles. The molecule has 8 nitrogen and oxygen atoms in total. The number of ether oxygens (including phenoxy) is 2. The van der Waals surface area contributed by atoms with Gasteiger partial charge in [-0.3, -0.25) is 4.79 Å². The molecular weight excluding hydrogens is 531 g/mol. The number of benzene rings is 1. The number of anilines is 1. The van der Waals surface area contributed by atoms with E-state index in [0.717, 1.165) is 63.6 Å². The minimum atomic E-state index is -0.410. The van der Waals surface area contributed by atoms with E-state index < -0.39 is 5.82 Å². The lowest BCUT2D eigenvalue weighted by molar-refractivity contribution is 0.0328. The first kappa shape index (κ1) is 30.2. The minimum Gasteiger partial charge on any atom is -0.488 e. The van der Waals surface area contributed by atoms with Crippen molar-refractivity contribution in [1.29, 1.82) is 0 Å². The van der Waals surface area contributed by atoms with Crippen LogP contribution >= 0.6 is 11.3 Å². The van der Waals surface area contributed by atoms with Crippen LogP contribution in [0.15, 0.2) is 36.0 Å². The van der Waals surface area contributed by atoms with Gasteiger partial charge in [0, 0.05) is 32.7 Å². The molecular formula is C30H41FN4O4S. The van der Waals surface area contributed by atoms with Gasteiger partial charge in [0.1, 0.15) is 28.1 Å². The Morgan fingerprint density at radius 3 is 2.70 bits per heavy atom. The van der Waals surface area contributed by atoms with Crippen molar-refractivity contribution in [3.05, 3.63) is 52.8 Å². The van der Waals surface area contributed by atoms with E-state index in [1.807, 2.05) is 6.92 Å². The van der Waals surface area contributed by atoms with Crippen LogP contribution in [0, 0.1) is 12.7 Å². The number of thiophene rings is 1. The zero-order valence-corrected chi connectivity index (χ0v) is 24.3. The number of aliphatic hydroxyl groups excluding tert-OH is 1. The summed E-state index contributed by atoms with van der Waals surface area (Å²) >= 11 is 1.34. The molecule has 218 valence electrons. The van der Waals surface area contributed by atoms with Crippen molar-refractivity contribution < 1.29 is 23.8 Å². The molecule has 1 unspecified atom stereocenters. The Hall–Kier alpha value is -2.79. The number of unbranched alkanes of at least 4 members (excludes halogenated alkanes) is 1. The van der Waals surface area contributed by atoms with E-state index in [1.165, 1.54) is 23.5 Å². The molecule has 1 aromatic heterocycles. The van der Waals surface area contributed by atoms with Gasteiger partial charge in [-0.2, -0.15) is 0 Å². The molecule has 10 heteroatoms. The molecule has 2 aliphatic rings. The molecule has 2 heterocycles. The van der Waals surface area contributed by atoms with Crippen LogP contribution in [0.3, 0.4) is 0 Å². The van der Waals surface area contributed by atoms with Crippen LogP contribution in [-0.2, 0) is 4.74 Å². The molecule has 1 saturated heterocycles. The molecule has 0 bridgehead atoms. The normalized spacial score (nSPS) is 21.9. The first-order valence-electron chi connectivity index (χ1n) is 14.1. The summed E-state index contributed by atoms with van der Waals surface area (Å²) in [4.78, 5) is 20.7. The van der Waals surface area contributed by atoms with Crippen molar-refractivity contribution in [2.75, 3.05) is 32.1 Å². The van der Waals surface area contributed by atoms with Crippen LogP contribution < -0.4 is 15.8 Å². The molecule has 2 fully saturated rings. The van der Waals surface area contributed by atoms with Gasteiger partial charge in [0.2, 0.25) is 0 Å². The Morgan fingerprint density at radius 2 is 2.02 bits per heavy atom. The number of nitrogens with one attached hydrogen (secondary N) is 1. The van der Waals surface area contributed by atoms with Crippen LogP contribution in [0.2, 0.25) is 0 Å². The zero-order valence-electron chi connectivity index (χ0n) is 23.5. The Labute approximate surface area is 240 Å². The van der Waals surface area contributed by atoms with Crippen LogP contribution in [-0.4, -0.2) is 66.7 Å². The average molecular weight is 573 g/mol. The Balaban J connectivity index is 1.49. The summed E-state index contributed by atoms with van der Waals surface area (Å²) in [5.74, 6) is 0.209. The highest BCUT2D eigenvalue weighted by Crippen LogP contribution is 2.37. The van der Waals surface area contributed by atoms with Crippen LogP contribution in [0.4, 0.5) is 15.1 Å². The number of hydrogen-bond acceptors (Lipinski definition) is 8. The number of rotatable bonds is 13. The standard InChI is InChI=1S/C30H41FN4O4S/c1-4-33-30-27(19(2)28(40-30)25(37)7-5-6-15-35-16-14-21(36)18-35)29(32)34-24-13-8-20(31)17-26(24)39-23-11-9-22(38-3)10-12-23/h4,8,13,17,21-23,33,36H,1,5-7,9-12,14-16,18H2,2-3H3,(H2,32,34). The number of nitrogens with two attached hydrogens (primary N) is 1. The maximum Gasteiger partial charge on any atom is 0.173 e. The fourth-order valence-corrected chi connectivity index (χ4v) is 6.63. The minimum absolute atomic E-state index is 0.0518. The second-order valence-electron chi connectivity index (χ2n) is 10.6. The molecule has 0 amide bonds. The third kappa shape index (κ3) is 7.69. The number of likely N-dealkylation sites (tertiary alicyclic amines) is 1. The Kier molecular flexibility index (Phi) is 10.7. The highest BCUT2D eigenvalue weighted by atomic mass is 32.1. The summed E-state index contributed by atoms with van der Waals surface area (Å²) < 4.78 is 25.8. The summed E-state index contributed by atoms with van der Waals surface area (Å²) in [7, 11) is 1.72. The van der Waals surface area contributed by atoms with E-state index in [2.05, 4.69) is 21.8 Å². The lowest BCUT2D eigenvalue weighted by Gasteiger charge is -2.28. The number of β-amino-alcohol motifs (C(OH)–C–C–N with tert-alkyl or cyclic N) is 1. The van der Waals surface area contributed by atoms with Gasteiger partial charge in [0.05, 0.1) is 28.8 Å². The van der Waals surface area contributed by atoms with Gasteiger partial charge in [-0.05, 0) is 82.3 Å². The van der Waals surface area contributed by atoms with Crippen molar-refractivity contribution in [1.82, 2.24) is 4.90 Å². The van der Waals surface area contributed by atoms with Gasteiger partial charge in [-0.1, -0.05) is 6.58 Å². The predicted octanol–water partition coefficient (Wildman–Crippen LogP) is 5.54. The largest absolute Gasteiger partial charge is 0.488 e. The van der Waals surface area contributed by atoms with E-state index in [-0.39, 0.29) is 29.9 Å². The van der Waals surface area contributed by atoms with E-state index >= 15 is 0 Å². The third-order valence-electron chi connectivity index (χ3n) is 7.68. The number of nitrogens with zero attached hydrogens (tertiary/aromatic N) is 2. The third-order valence-corrected chi connectivity index (χ3v) is 8.94. The monoisotopic (exact) mass is 572 g/mol. The first-order valence-corrected chi connectivity index (χ1v) is 14.9. The number of aliphatic hydroxyl groups is 1. The Morgan fingerprint density at radius 1 is 1.27 bits per heavy atom. The molecule has 1 aliphatic carbocycles. The summed E-state index contributed by atoms with van der Waals surface area (Å²) in [5.41, 5.74) is 8.35. The molecule has 1 saturated carbocycles. The molecule has 2 aromatic rings. The second kappa shape index (κ2) is 14.2. The zero-order chi connectivity index (χ0) is 28.6. The number of halogens is 1. The fourth-order valence-electron chi connectivity index (χ4n) is 5.46. The number of Topliss-reactive ketones (excluding diaryl/α,β-unsaturated/α-hetero) is 1. The molecule has 1 atom stereocenters. The molecule has 1 aromatic carbocycles. The number of amidine groups is 1. The summed E-state index contributed by atoms with van der Waals surface area (Å²) in [6.45, 7) is 8.15. The van der Waals surface area contributed by atoms with Crippen LogP contribution in [0.25, 0.3) is 0 Å². The quantitative estimate of drug-likeness (QED) is 0.125. The van der Waals surface area contributed by atoms with Gasteiger partial charge in [0.15, 0.2) is 5.78 Å². The SMILES string of the molecule is C=CNc1sc(C(=O)CCCCN2CCC(O)C2)c(C)c1C(N)=Nc1ccc(F)cc1OC1CCC(OC)CC1. The van der Waals surface area contributed by atoms with Gasteiger partial charge < -0.3 is 30.5 Å².